The summed E-state index contributed by atoms with van der Waals surface area (Å²) in [6, 6.07) is 13.4. The van der Waals surface area contributed by atoms with Crippen LogP contribution in [0, 0.1) is 13.8 Å². The smallest absolute Gasteiger partial charge is 0.259 e. The minimum atomic E-state index is -0.000182. The number of halogens is 1. The number of amidine groups is 1. The quantitative estimate of drug-likeness (QED) is 0.736. The van der Waals surface area contributed by atoms with Crippen molar-refractivity contribution in [1.29, 1.82) is 0 Å². The first-order valence-electron chi connectivity index (χ1n) is 7.91. The van der Waals surface area contributed by atoms with Crippen LogP contribution in [0.1, 0.15) is 27.9 Å². The second-order valence-corrected chi connectivity index (χ2v) is 7.35. The van der Waals surface area contributed by atoms with Crippen molar-refractivity contribution in [2.24, 2.45) is 4.99 Å². The van der Waals surface area contributed by atoms with Gasteiger partial charge in [-0.1, -0.05) is 52.7 Å². The third-order valence-electron chi connectivity index (χ3n) is 3.77. The lowest BCUT2D eigenvalue weighted by molar-refractivity contribution is 0.0849. The predicted octanol–water partition coefficient (Wildman–Crippen LogP) is 5.22. The third kappa shape index (κ3) is 3.82. The highest BCUT2D eigenvalue weighted by molar-refractivity contribution is 8.13. The topological polar surface area (TPSA) is 32.7 Å². The molecule has 1 aliphatic heterocycles. The van der Waals surface area contributed by atoms with Crippen LogP contribution in [-0.4, -0.2) is 28.3 Å². The van der Waals surface area contributed by atoms with Crippen LogP contribution in [0.3, 0.4) is 0 Å². The minimum absolute atomic E-state index is 0.000182. The van der Waals surface area contributed by atoms with Crippen LogP contribution >= 0.6 is 23.4 Å². The molecule has 0 saturated carbocycles. The number of amides is 1. The summed E-state index contributed by atoms with van der Waals surface area (Å²) < 4.78 is 0. The van der Waals surface area contributed by atoms with Gasteiger partial charge in [0.25, 0.3) is 5.91 Å². The van der Waals surface area contributed by atoms with Crippen molar-refractivity contribution in [2.45, 2.75) is 20.3 Å². The summed E-state index contributed by atoms with van der Waals surface area (Å²) in [5, 5.41) is 1.31. The van der Waals surface area contributed by atoms with Gasteiger partial charge in [-0.25, -0.2) is 4.99 Å². The Hall–Kier alpha value is -1.78. The lowest BCUT2D eigenvalue weighted by Crippen LogP contribution is -2.39. The molecule has 0 aliphatic carbocycles. The third-order valence-corrected chi connectivity index (χ3v) is 5.15. The number of thioether (sulfide) groups is 1. The Morgan fingerprint density at radius 3 is 2.58 bits per heavy atom. The maximum Gasteiger partial charge on any atom is 0.259 e. The number of carbonyl (C=O) groups excluding carboxylic acids is 1. The average Bonchev–Trinajstić information content (AvgIpc) is 2.56. The molecule has 5 heteroatoms. The van der Waals surface area contributed by atoms with Crippen molar-refractivity contribution in [3.63, 3.8) is 0 Å². The minimum Gasteiger partial charge on any atom is -0.287 e. The van der Waals surface area contributed by atoms with E-state index in [-0.39, 0.29) is 5.91 Å². The van der Waals surface area contributed by atoms with E-state index in [0.717, 1.165) is 28.5 Å². The summed E-state index contributed by atoms with van der Waals surface area (Å²) in [6.45, 7) is 4.70. The van der Waals surface area contributed by atoms with E-state index in [1.165, 1.54) is 0 Å². The van der Waals surface area contributed by atoms with Gasteiger partial charge >= 0.3 is 0 Å². The van der Waals surface area contributed by atoms with E-state index < -0.39 is 0 Å². The zero-order chi connectivity index (χ0) is 17.1. The number of benzene rings is 2. The SMILES string of the molecule is Cc1cc(C)cc(C(=O)N2CCCSC2=Nc2ccccc2Cl)c1. The highest BCUT2D eigenvalue weighted by atomic mass is 35.5. The molecule has 0 N–H and O–H groups in total. The monoisotopic (exact) mass is 358 g/mol. The molecule has 3 rings (SSSR count). The Kier molecular flexibility index (Phi) is 5.27. The van der Waals surface area contributed by atoms with E-state index in [2.05, 4.69) is 11.1 Å². The summed E-state index contributed by atoms with van der Waals surface area (Å²) in [6.07, 6.45) is 0.961. The molecule has 2 aromatic carbocycles. The van der Waals surface area contributed by atoms with Gasteiger partial charge in [-0.3, -0.25) is 9.69 Å². The van der Waals surface area contributed by atoms with Crippen LogP contribution in [0.2, 0.25) is 5.02 Å². The summed E-state index contributed by atoms with van der Waals surface area (Å²) in [4.78, 5) is 19.4. The van der Waals surface area contributed by atoms with Crippen LogP contribution in [0.4, 0.5) is 5.69 Å². The van der Waals surface area contributed by atoms with Gasteiger partial charge in [-0.2, -0.15) is 0 Å². The number of para-hydroxylation sites is 1. The second-order valence-electron chi connectivity index (χ2n) is 5.88. The van der Waals surface area contributed by atoms with Crippen molar-refractivity contribution >= 4 is 40.1 Å². The number of hydrogen-bond acceptors (Lipinski definition) is 3. The maximum atomic E-state index is 13.0. The maximum absolute atomic E-state index is 13.0. The Balaban J connectivity index is 1.95. The number of nitrogens with zero attached hydrogens (tertiary/aromatic N) is 2. The van der Waals surface area contributed by atoms with Gasteiger partial charge < -0.3 is 0 Å². The molecule has 0 atom stereocenters. The van der Waals surface area contributed by atoms with Gasteiger partial charge in [-0.15, -0.1) is 0 Å². The van der Waals surface area contributed by atoms with Gasteiger partial charge in [0.1, 0.15) is 0 Å². The highest BCUT2D eigenvalue weighted by Crippen LogP contribution is 2.28. The average molecular weight is 359 g/mol. The normalized spacial score (nSPS) is 16.5. The van der Waals surface area contributed by atoms with Gasteiger partial charge in [0, 0.05) is 17.9 Å². The molecule has 3 nitrogen and oxygen atoms in total. The van der Waals surface area contributed by atoms with Crippen molar-refractivity contribution in [2.75, 3.05) is 12.3 Å². The van der Waals surface area contributed by atoms with Crippen LogP contribution in [0.5, 0.6) is 0 Å². The molecular weight excluding hydrogens is 340 g/mol. The molecule has 0 bridgehead atoms. The fourth-order valence-electron chi connectivity index (χ4n) is 2.74. The summed E-state index contributed by atoms with van der Waals surface area (Å²) in [7, 11) is 0. The van der Waals surface area contributed by atoms with E-state index in [1.807, 2.05) is 50.2 Å². The first kappa shape index (κ1) is 17.1. The Bertz CT molecular complexity index is 783. The molecule has 1 saturated heterocycles. The summed E-state index contributed by atoms with van der Waals surface area (Å²) in [5.41, 5.74) is 3.59. The molecule has 0 spiro atoms. The van der Waals surface area contributed by atoms with E-state index in [1.54, 1.807) is 16.7 Å². The number of aliphatic imine (C=N–C) groups is 1. The zero-order valence-corrected chi connectivity index (χ0v) is 15.3. The molecule has 24 heavy (non-hydrogen) atoms. The first-order chi connectivity index (χ1) is 11.5. The lowest BCUT2D eigenvalue weighted by atomic mass is 10.1. The Labute approximate surface area is 151 Å². The fourth-order valence-corrected chi connectivity index (χ4v) is 3.87. The highest BCUT2D eigenvalue weighted by Gasteiger charge is 2.25. The van der Waals surface area contributed by atoms with Crippen LogP contribution in [0.25, 0.3) is 0 Å². The zero-order valence-electron chi connectivity index (χ0n) is 13.8. The second kappa shape index (κ2) is 7.41. The van der Waals surface area contributed by atoms with Crippen LogP contribution in [-0.2, 0) is 0 Å². The molecule has 0 aromatic heterocycles. The van der Waals surface area contributed by atoms with E-state index >= 15 is 0 Å². The van der Waals surface area contributed by atoms with Gasteiger partial charge in [0.15, 0.2) is 5.17 Å². The van der Waals surface area contributed by atoms with Crippen LogP contribution < -0.4 is 0 Å². The van der Waals surface area contributed by atoms with Gasteiger partial charge in [0.05, 0.1) is 10.7 Å². The van der Waals surface area contributed by atoms with Gasteiger partial charge in [0.2, 0.25) is 0 Å². The summed E-state index contributed by atoms with van der Waals surface area (Å²) >= 11 is 7.81. The van der Waals surface area contributed by atoms with Crippen molar-refractivity contribution < 1.29 is 4.79 Å². The molecule has 1 aliphatic rings. The van der Waals surface area contributed by atoms with E-state index in [4.69, 9.17) is 11.6 Å². The van der Waals surface area contributed by atoms with Crippen LogP contribution in [0.15, 0.2) is 47.5 Å². The lowest BCUT2D eigenvalue weighted by Gasteiger charge is -2.28. The molecule has 124 valence electrons. The standard InChI is InChI=1S/C19H19ClN2OS/c1-13-10-14(2)12-15(11-13)18(23)22-8-5-9-24-19(22)21-17-7-4-3-6-16(17)20/h3-4,6-7,10-12H,5,8-9H2,1-2H3. The molecule has 0 radical (unpaired) electrons. The number of hydrogen-bond donors (Lipinski definition) is 0. The first-order valence-corrected chi connectivity index (χ1v) is 9.27. The molecule has 1 heterocycles. The Morgan fingerprint density at radius 1 is 1.17 bits per heavy atom. The number of aryl methyl sites for hydroxylation is 2. The largest absolute Gasteiger partial charge is 0.287 e. The molecule has 2 aromatic rings. The van der Waals surface area contributed by atoms with Crippen molar-refractivity contribution in [1.82, 2.24) is 4.90 Å². The summed E-state index contributed by atoms with van der Waals surface area (Å²) in [5.74, 6) is 0.958. The molecule has 1 amide bonds. The van der Waals surface area contributed by atoms with Crippen molar-refractivity contribution in [3.8, 4) is 0 Å². The van der Waals surface area contributed by atoms with E-state index in [0.29, 0.717) is 22.8 Å². The number of rotatable bonds is 2. The Morgan fingerprint density at radius 2 is 1.88 bits per heavy atom. The van der Waals surface area contributed by atoms with Crippen molar-refractivity contribution in [3.05, 3.63) is 64.2 Å². The molecule has 1 fully saturated rings. The number of carbonyl (C=O) groups is 1. The fraction of sp³-hybridized carbons (Fsp3) is 0.263. The molecular formula is C19H19ClN2OS. The van der Waals surface area contributed by atoms with E-state index in [9.17, 15) is 4.79 Å². The van der Waals surface area contributed by atoms with Gasteiger partial charge in [-0.05, 0) is 44.5 Å². The predicted molar refractivity (Wildman–Crippen MR) is 103 cm³/mol. The molecule has 0 unspecified atom stereocenters.